The van der Waals surface area contributed by atoms with Crippen LogP contribution in [0.15, 0.2) is 32.3 Å². The van der Waals surface area contributed by atoms with E-state index in [4.69, 9.17) is 0 Å². The van der Waals surface area contributed by atoms with Gasteiger partial charge in [-0.2, -0.15) is 16.4 Å². The van der Waals surface area contributed by atoms with Crippen LogP contribution in [0.1, 0.15) is 32.3 Å². The lowest BCUT2D eigenvalue weighted by Crippen LogP contribution is -2.26. The minimum absolute atomic E-state index is 0.0730. The van der Waals surface area contributed by atoms with Gasteiger partial charge < -0.3 is 5.32 Å². The molecule has 2 aromatic heterocycles. The summed E-state index contributed by atoms with van der Waals surface area (Å²) in [6, 6.07) is 2.36. The predicted octanol–water partition coefficient (Wildman–Crippen LogP) is 3.91. The van der Waals surface area contributed by atoms with Crippen LogP contribution in [0.25, 0.3) is 0 Å². The molecule has 0 spiro atoms. The number of aromatic nitrogens is 2. The molecule has 0 aliphatic carbocycles. The Labute approximate surface area is 137 Å². The molecule has 0 amide bonds. The molecule has 0 aromatic carbocycles. The second-order valence-electron chi connectivity index (χ2n) is 5.14. The van der Waals surface area contributed by atoms with Crippen LogP contribution < -0.4 is 10.9 Å². The number of nitrogens with one attached hydrogen (secondary N) is 1. The first kappa shape index (κ1) is 16.2. The van der Waals surface area contributed by atoms with Crippen LogP contribution in [0.5, 0.6) is 0 Å². The summed E-state index contributed by atoms with van der Waals surface area (Å²) < 4.78 is 2.08. The molecule has 0 bridgehead atoms. The molecule has 2 rings (SSSR count). The van der Waals surface area contributed by atoms with Gasteiger partial charge in [-0.1, -0.05) is 13.3 Å². The third-order valence-corrected chi connectivity index (χ3v) is 4.73. The normalized spacial score (nSPS) is 12.3. The number of aryl methyl sites for hydroxylation is 1. The van der Waals surface area contributed by atoms with Gasteiger partial charge in [0.1, 0.15) is 4.47 Å². The summed E-state index contributed by atoms with van der Waals surface area (Å²) in [6.45, 7) is 4.87. The Kier molecular flexibility index (Phi) is 5.99. The summed E-state index contributed by atoms with van der Waals surface area (Å²) in [5.41, 5.74) is 1.99. The number of hydrogen-bond acceptors (Lipinski definition) is 4. The molecule has 4 nitrogen and oxygen atoms in total. The van der Waals surface area contributed by atoms with Crippen molar-refractivity contribution in [3.05, 3.63) is 43.4 Å². The van der Waals surface area contributed by atoms with E-state index in [-0.39, 0.29) is 11.6 Å². The average Bonchev–Trinajstić information content (AvgIpc) is 2.96. The predicted molar refractivity (Wildman–Crippen MR) is 92.2 cm³/mol. The first-order valence-corrected chi connectivity index (χ1v) is 8.88. The van der Waals surface area contributed by atoms with E-state index in [9.17, 15) is 4.79 Å². The monoisotopic (exact) mass is 369 g/mol. The van der Waals surface area contributed by atoms with Crippen LogP contribution in [-0.2, 0) is 13.0 Å². The number of halogens is 1. The first-order chi connectivity index (χ1) is 10.1. The zero-order valence-corrected chi connectivity index (χ0v) is 14.7. The highest BCUT2D eigenvalue weighted by Crippen LogP contribution is 2.19. The number of nitrogens with zero attached hydrogens (tertiary/aromatic N) is 2. The summed E-state index contributed by atoms with van der Waals surface area (Å²) in [7, 11) is 0. The van der Waals surface area contributed by atoms with Gasteiger partial charge in [-0.05, 0) is 58.1 Å². The molecule has 0 aliphatic rings. The van der Waals surface area contributed by atoms with Crippen molar-refractivity contribution in [2.24, 2.45) is 0 Å². The maximum absolute atomic E-state index is 12.2. The standard InChI is InChI=1S/C15H20BrN3OS/c1-3-4-6-19-15(20)14(16)13(9-17-19)18-11(2)8-12-5-7-21-10-12/h5,7,9-11,18H,3-4,6,8H2,1-2H3. The van der Waals surface area contributed by atoms with E-state index >= 15 is 0 Å². The molecule has 0 saturated heterocycles. The maximum Gasteiger partial charge on any atom is 0.283 e. The van der Waals surface area contributed by atoms with E-state index in [2.05, 4.69) is 57.0 Å². The molecule has 1 atom stereocenters. The first-order valence-electron chi connectivity index (χ1n) is 7.15. The number of anilines is 1. The summed E-state index contributed by atoms with van der Waals surface area (Å²) in [5.74, 6) is 0. The summed E-state index contributed by atoms with van der Waals surface area (Å²) in [6.07, 6.45) is 4.66. The number of unbranched alkanes of at least 4 members (excludes halogenated alkanes) is 1. The maximum atomic E-state index is 12.2. The molecule has 114 valence electrons. The molecule has 0 fully saturated rings. The van der Waals surface area contributed by atoms with Gasteiger partial charge in [-0.3, -0.25) is 4.79 Å². The Hall–Kier alpha value is -1.14. The molecule has 2 aromatic rings. The molecule has 0 aliphatic heterocycles. The number of rotatable bonds is 7. The Bertz CT molecular complexity index is 624. The highest BCUT2D eigenvalue weighted by Gasteiger charge is 2.11. The SMILES string of the molecule is CCCCn1ncc(NC(C)Cc2ccsc2)c(Br)c1=O. The lowest BCUT2D eigenvalue weighted by Gasteiger charge is -2.16. The summed E-state index contributed by atoms with van der Waals surface area (Å²) >= 11 is 5.10. The van der Waals surface area contributed by atoms with Crippen LogP contribution in [0.4, 0.5) is 5.69 Å². The number of hydrogen-bond donors (Lipinski definition) is 1. The zero-order valence-electron chi connectivity index (χ0n) is 12.3. The van der Waals surface area contributed by atoms with Crippen LogP contribution >= 0.6 is 27.3 Å². The largest absolute Gasteiger partial charge is 0.380 e. The van der Waals surface area contributed by atoms with E-state index < -0.39 is 0 Å². The van der Waals surface area contributed by atoms with Crippen molar-refractivity contribution in [3.63, 3.8) is 0 Å². The Morgan fingerprint density at radius 3 is 3.00 bits per heavy atom. The van der Waals surface area contributed by atoms with Crippen LogP contribution in [-0.4, -0.2) is 15.8 Å². The van der Waals surface area contributed by atoms with E-state index in [1.807, 2.05) is 0 Å². The van der Waals surface area contributed by atoms with E-state index in [0.29, 0.717) is 11.0 Å². The second kappa shape index (κ2) is 7.75. The van der Waals surface area contributed by atoms with Gasteiger partial charge in [-0.15, -0.1) is 0 Å². The van der Waals surface area contributed by atoms with E-state index in [1.165, 1.54) is 10.2 Å². The minimum atomic E-state index is -0.0730. The quantitative estimate of drug-likeness (QED) is 0.804. The molecule has 0 radical (unpaired) electrons. The van der Waals surface area contributed by atoms with Gasteiger partial charge in [0.25, 0.3) is 5.56 Å². The highest BCUT2D eigenvalue weighted by atomic mass is 79.9. The fourth-order valence-electron chi connectivity index (χ4n) is 2.11. The fourth-order valence-corrected chi connectivity index (χ4v) is 3.21. The van der Waals surface area contributed by atoms with Gasteiger partial charge in [0.05, 0.1) is 11.9 Å². The van der Waals surface area contributed by atoms with Crippen molar-refractivity contribution in [1.82, 2.24) is 9.78 Å². The molecule has 1 N–H and O–H groups in total. The van der Waals surface area contributed by atoms with Gasteiger partial charge >= 0.3 is 0 Å². The Balaban J connectivity index is 2.06. The van der Waals surface area contributed by atoms with Crippen molar-refractivity contribution in [2.45, 2.75) is 45.7 Å². The third kappa shape index (κ3) is 4.41. The van der Waals surface area contributed by atoms with Crippen molar-refractivity contribution in [3.8, 4) is 0 Å². The van der Waals surface area contributed by atoms with Crippen molar-refractivity contribution < 1.29 is 0 Å². The van der Waals surface area contributed by atoms with Crippen LogP contribution in [0.3, 0.4) is 0 Å². The molecule has 1 unspecified atom stereocenters. The van der Waals surface area contributed by atoms with Crippen LogP contribution in [0, 0.1) is 0 Å². The number of thiophene rings is 1. The lowest BCUT2D eigenvalue weighted by atomic mass is 10.1. The molecular formula is C15H20BrN3OS. The summed E-state index contributed by atoms with van der Waals surface area (Å²) in [5, 5.41) is 11.8. The van der Waals surface area contributed by atoms with Gasteiger partial charge in [0, 0.05) is 12.6 Å². The van der Waals surface area contributed by atoms with E-state index in [0.717, 1.165) is 24.9 Å². The average molecular weight is 370 g/mol. The van der Waals surface area contributed by atoms with Gasteiger partial charge in [0.2, 0.25) is 0 Å². The fraction of sp³-hybridized carbons (Fsp3) is 0.467. The Morgan fingerprint density at radius 1 is 1.52 bits per heavy atom. The van der Waals surface area contributed by atoms with Crippen molar-refractivity contribution in [2.75, 3.05) is 5.32 Å². The Morgan fingerprint density at radius 2 is 2.33 bits per heavy atom. The molecule has 2 heterocycles. The molecule has 21 heavy (non-hydrogen) atoms. The second-order valence-corrected chi connectivity index (χ2v) is 6.71. The zero-order chi connectivity index (χ0) is 15.2. The summed E-state index contributed by atoms with van der Waals surface area (Å²) in [4.78, 5) is 12.2. The van der Waals surface area contributed by atoms with Gasteiger partial charge in [-0.25, -0.2) is 4.68 Å². The van der Waals surface area contributed by atoms with E-state index in [1.54, 1.807) is 17.5 Å². The third-order valence-electron chi connectivity index (χ3n) is 3.23. The topological polar surface area (TPSA) is 46.9 Å². The van der Waals surface area contributed by atoms with Crippen LogP contribution in [0.2, 0.25) is 0 Å². The molecule has 6 heteroatoms. The van der Waals surface area contributed by atoms with Crippen molar-refractivity contribution in [1.29, 1.82) is 0 Å². The smallest absolute Gasteiger partial charge is 0.283 e. The lowest BCUT2D eigenvalue weighted by molar-refractivity contribution is 0.540. The van der Waals surface area contributed by atoms with Crippen molar-refractivity contribution >= 4 is 33.0 Å². The van der Waals surface area contributed by atoms with Gasteiger partial charge in [0.15, 0.2) is 0 Å². The highest BCUT2D eigenvalue weighted by molar-refractivity contribution is 9.10. The molecule has 0 saturated carbocycles. The minimum Gasteiger partial charge on any atom is -0.380 e. The molecular weight excluding hydrogens is 350 g/mol.